The largest absolute Gasteiger partial charge is 0.366 e. The van der Waals surface area contributed by atoms with E-state index in [1.165, 1.54) is 25.7 Å². The van der Waals surface area contributed by atoms with Crippen LogP contribution in [0.5, 0.6) is 0 Å². The number of alkyl halides is 1. The minimum Gasteiger partial charge on any atom is -0.366 e. The molecule has 0 amide bonds. The summed E-state index contributed by atoms with van der Waals surface area (Å²) in [5.74, 6) is 2.31. The average molecular weight is 310 g/mol. The van der Waals surface area contributed by atoms with E-state index in [9.17, 15) is 0 Å². The Kier molecular flexibility index (Phi) is 5.86. The molecule has 1 heterocycles. The summed E-state index contributed by atoms with van der Waals surface area (Å²) in [5.41, 5.74) is 2.14. The van der Waals surface area contributed by atoms with Gasteiger partial charge in [0.2, 0.25) is 0 Å². The molecule has 0 N–H and O–H groups in total. The molecule has 1 aliphatic rings. The summed E-state index contributed by atoms with van der Waals surface area (Å²) in [6.45, 7) is 9.84. The lowest BCUT2D eigenvalue weighted by atomic mass is 10.1. The van der Waals surface area contributed by atoms with Gasteiger partial charge in [-0.2, -0.15) is 0 Å². The van der Waals surface area contributed by atoms with Crippen molar-refractivity contribution >= 4 is 17.3 Å². The van der Waals surface area contributed by atoms with Gasteiger partial charge in [-0.25, -0.2) is 9.97 Å². The Balaban J connectivity index is 2.33. The van der Waals surface area contributed by atoms with Crippen LogP contribution in [0.4, 0.5) is 5.69 Å². The minimum atomic E-state index is 0.339. The molecular weight excluding hydrogens is 282 g/mol. The van der Waals surface area contributed by atoms with E-state index in [0.29, 0.717) is 23.8 Å². The van der Waals surface area contributed by atoms with Crippen LogP contribution in [-0.4, -0.2) is 22.6 Å². The lowest BCUT2D eigenvalue weighted by molar-refractivity contribution is 0.532. The van der Waals surface area contributed by atoms with E-state index < -0.39 is 0 Å². The normalized spacial score (nSPS) is 16.1. The van der Waals surface area contributed by atoms with E-state index >= 15 is 0 Å². The summed E-state index contributed by atoms with van der Waals surface area (Å²) < 4.78 is 0. The van der Waals surface area contributed by atoms with E-state index in [0.717, 1.165) is 23.8 Å². The zero-order chi connectivity index (χ0) is 15.4. The van der Waals surface area contributed by atoms with Gasteiger partial charge in [0.25, 0.3) is 0 Å². The van der Waals surface area contributed by atoms with Crippen molar-refractivity contribution in [3.05, 3.63) is 17.7 Å². The first-order valence-corrected chi connectivity index (χ1v) is 8.74. The van der Waals surface area contributed by atoms with Gasteiger partial charge in [0, 0.05) is 18.5 Å². The Morgan fingerprint density at radius 2 is 1.90 bits per heavy atom. The van der Waals surface area contributed by atoms with E-state index in [1.807, 2.05) is 6.20 Å². The Morgan fingerprint density at radius 1 is 1.24 bits per heavy atom. The first-order chi connectivity index (χ1) is 10.0. The van der Waals surface area contributed by atoms with E-state index in [4.69, 9.17) is 16.6 Å². The topological polar surface area (TPSA) is 29.0 Å². The SMILES string of the molecule is CC(C)CN(c1cnc(C(C)C)nc1CCl)C1CCCC1. The summed E-state index contributed by atoms with van der Waals surface area (Å²) in [6, 6.07) is 0.628. The van der Waals surface area contributed by atoms with Gasteiger partial charge < -0.3 is 4.90 Å². The van der Waals surface area contributed by atoms with Crippen molar-refractivity contribution in [2.45, 2.75) is 71.2 Å². The number of rotatable bonds is 6. The highest BCUT2D eigenvalue weighted by molar-refractivity contribution is 6.17. The zero-order valence-corrected chi connectivity index (χ0v) is 14.5. The van der Waals surface area contributed by atoms with Crippen LogP contribution >= 0.6 is 11.6 Å². The molecule has 4 heteroatoms. The second-order valence-electron chi connectivity index (χ2n) is 6.83. The molecular formula is C17H28ClN3. The Hall–Kier alpha value is -0.830. The summed E-state index contributed by atoms with van der Waals surface area (Å²) in [5, 5.41) is 0. The highest BCUT2D eigenvalue weighted by Gasteiger charge is 2.26. The molecule has 0 radical (unpaired) electrons. The Bertz CT molecular complexity index is 453. The predicted molar refractivity (Wildman–Crippen MR) is 90.1 cm³/mol. The highest BCUT2D eigenvalue weighted by atomic mass is 35.5. The molecule has 1 aromatic heterocycles. The molecule has 0 spiro atoms. The van der Waals surface area contributed by atoms with E-state index in [2.05, 4.69) is 37.6 Å². The predicted octanol–water partition coefficient (Wildman–Crippen LogP) is 4.74. The number of halogens is 1. The molecule has 0 aliphatic heterocycles. The second-order valence-corrected chi connectivity index (χ2v) is 7.10. The fraction of sp³-hybridized carbons (Fsp3) is 0.765. The molecule has 1 saturated carbocycles. The van der Waals surface area contributed by atoms with Gasteiger partial charge in [-0.05, 0) is 18.8 Å². The average Bonchev–Trinajstić information content (AvgIpc) is 2.97. The van der Waals surface area contributed by atoms with Gasteiger partial charge >= 0.3 is 0 Å². The van der Waals surface area contributed by atoms with E-state index in [1.54, 1.807) is 0 Å². The maximum Gasteiger partial charge on any atom is 0.131 e. The van der Waals surface area contributed by atoms with Crippen molar-refractivity contribution in [2.24, 2.45) is 5.92 Å². The van der Waals surface area contributed by atoms with Crippen molar-refractivity contribution < 1.29 is 0 Å². The molecule has 0 saturated heterocycles. The van der Waals surface area contributed by atoms with Crippen LogP contribution in [-0.2, 0) is 5.88 Å². The van der Waals surface area contributed by atoms with Crippen molar-refractivity contribution in [3.8, 4) is 0 Å². The first kappa shape index (κ1) is 16.5. The lowest BCUT2D eigenvalue weighted by Gasteiger charge is -2.33. The quantitative estimate of drug-likeness (QED) is 0.710. The molecule has 2 rings (SSSR count). The van der Waals surface area contributed by atoms with Crippen LogP contribution in [0.2, 0.25) is 0 Å². The van der Waals surface area contributed by atoms with Crippen LogP contribution in [0.15, 0.2) is 6.20 Å². The summed E-state index contributed by atoms with van der Waals surface area (Å²) in [4.78, 5) is 11.8. The molecule has 0 atom stereocenters. The molecule has 0 bridgehead atoms. The third kappa shape index (κ3) is 4.09. The van der Waals surface area contributed by atoms with Gasteiger partial charge in [0.15, 0.2) is 0 Å². The van der Waals surface area contributed by atoms with Gasteiger partial charge in [-0.15, -0.1) is 11.6 Å². The third-order valence-electron chi connectivity index (χ3n) is 4.14. The molecule has 1 aliphatic carbocycles. The maximum atomic E-state index is 6.18. The van der Waals surface area contributed by atoms with Gasteiger partial charge in [0.05, 0.1) is 23.5 Å². The van der Waals surface area contributed by atoms with Crippen molar-refractivity contribution in [2.75, 3.05) is 11.4 Å². The van der Waals surface area contributed by atoms with Crippen LogP contribution in [0, 0.1) is 5.92 Å². The third-order valence-corrected chi connectivity index (χ3v) is 4.40. The van der Waals surface area contributed by atoms with Crippen LogP contribution < -0.4 is 4.90 Å². The Labute approximate surface area is 134 Å². The van der Waals surface area contributed by atoms with E-state index in [-0.39, 0.29) is 0 Å². The molecule has 3 nitrogen and oxygen atoms in total. The number of hydrogen-bond acceptors (Lipinski definition) is 3. The molecule has 1 aromatic rings. The zero-order valence-electron chi connectivity index (χ0n) is 13.8. The fourth-order valence-electron chi connectivity index (χ4n) is 3.10. The van der Waals surface area contributed by atoms with Crippen LogP contribution in [0.3, 0.4) is 0 Å². The minimum absolute atomic E-state index is 0.339. The van der Waals surface area contributed by atoms with Crippen molar-refractivity contribution in [1.82, 2.24) is 9.97 Å². The summed E-state index contributed by atoms with van der Waals surface area (Å²) >= 11 is 6.18. The maximum absolute atomic E-state index is 6.18. The standard InChI is InChI=1S/C17H28ClN3/c1-12(2)11-21(14-7-5-6-8-14)16-10-19-17(13(3)4)20-15(16)9-18/h10,12-14H,5-9,11H2,1-4H3. The van der Waals surface area contributed by atoms with Crippen molar-refractivity contribution in [1.29, 1.82) is 0 Å². The van der Waals surface area contributed by atoms with Crippen molar-refractivity contribution in [3.63, 3.8) is 0 Å². The number of aromatic nitrogens is 2. The monoisotopic (exact) mass is 309 g/mol. The second kappa shape index (κ2) is 7.44. The Morgan fingerprint density at radius 3 is 2.43 bits per heavy atom. The number of hydrogen-bond donors (Lipinski definition) is 0. The molecule has 1 fully saturated rings. The highest BCUT2D eigenvalue weighted by Crippen LogP contribution is 2.31. The first-order valence-electron chi connectivity index (χ1n) is 8.21. The van der Waals surface area contributed by atoms with Crippen LogP contribution in [0.1, 0.15) is 70.8 Å². The fourth-order valence-corrected chi connectivity index (χ4v) is 3.29. The molecule has 0 aromatic carbocycles. The van der Waals surface area contributed by atoms with Gasteiger partial charge in [-0.1, -0.05) is 40.5 Å². The number of anilines is 1. The molecule has 21 heavy (non-hydrogen) atoms. The smallest absolute Gasteiger partial charge is 0.131 e. The number of nitrogens with zero attached hydrogens (tertiary/aromatic N) is 3. The molecule has 118 valence electrons. The van der Waals surface area contributed by atoms with Gasteiger partial charge in [-0.3, -0.25) is 0 Å². The lowest BCUT2D eigenvalue weighted by Crippen LogP contribution is -2.37. The summed E-state index contributed by atoms with van der Waals surface area (Å²) in [7, 11) is 0. The van der Waals surface area contributed by atoms with Crippen LogP contribution in [0.25, 0.3) is 0 Å². The van der Waals surface area contributed by atoms with Gasteiger partial charge in [0.1, 0.15) is 5.82 Å². The summed E-state index contributed by atoms with van der Waals surface area (Å²) in [6.07, 6.45) is 7.22. The molecule has 0 unspecified atom stereocenters.